The lowest BCUT2D eigenvalue weighted by molar-refractivity contribution is 0.0677. The molecule has 0 saturated carbocycles. The van der Waals surface area contributed by atoms with E-state index in [2.05, 4.69) is 0 Å². The van der Waals surface area contributed by atoms with Crippen molar-refractivity contribution >= 4 is 23.6 Å². The molecule has 132 valence electrons. The molecule has 0 unspecified atom stereocenters. The molecule has 0 spiro atoms. The normalized spacial score (nSPS) is 15.1. The highest BCUT2D eigenvalue weighted by molar-refractivity contribution is 6.22. The van der Waals surface area contributed by atoms with Gasteiger partial charge in [0.2, 0.25) is 0 Å². The van der Waals surface area contributed by atoms with Crippen molar-refractivity contribution in [2.75, 3.05) is 14.1 Å². The zero-order valence-electron chi connectivity index (χ0n) is 15.0. The van der Waals surface area contributed by atoms with Crippen molar-refractivity contribution in [3.8, 4) is 0 Å². The SMILES string of the molecule is Cc1ccc2c(c1)C(=O)N(C)C2=O.Cc1cccc2c1C(=O)N(C)C2=O. The largest absolute Gasteiger partial charge is 0.277 e. The van der Waals surface area contributed by atoms with Crippen LogP contribution >= 0.6 is 0 Å². The molecule has 4 rings (SSSR count). The molecule has 0 fully saturated rings. The Morgan fingerprint density at radius 1 is 0.654 bits per heavy atom. The average molecular weight is 350 g/mol. The number of imide groups is 2. The fourth-order valence-electron chi connectivity index (χ4n) is 3.05. The molecule has 4 amide bonds. The molecular weight excluding hydrogens is 332 g/mol. The number of benzene rings is 2. The summed E-state index contributed by atoms with van der Waals surface area (Å²) >= 11 is 0. The number of amides is 4. The van der Waals surface area contributed by atoms with Crippen LogP contribution in [0.25, 0.3) is 0 Å². The molecule has 0 aromatic heterocycles. The molecule has 2 aromatic rings. The smallest absolute Gasteiger partial charge is 0.261 e. The van der Waals surface area contributed by atoms with Gasteiger partial charge in [-0.05, 0) is 37.6 Å². The van der Waals surface area contributed by atoms with E-state index in [-0.39, 0.29) is 23.6 Å². The van der Waals surface area contributed by atoms with Crippen molar-refractivity contribution in [3.63, 3.8) is 0 Å². The summed E-state index contributed by atoms with van der Waals surface area (Å²) in [6, 6.07) is 10.6. The minimum Gasteiger partial charge on any atom is -0.277 e. The summed E-state index contributed by atoms with van der Waals surface area (Å²) in [7, 11) is 3.00. The van der Waals surface area contributed by atoms with Gasteiger partial charge in [-0.15, -0.1) is 0 Å². The molecule has 2 heterocycles. The molecule has 2 aliphatic rings. The third-order valence-electron chi connectivity index (χ3n) is 4.57. The van der Waals surface area contributed by atoms with Gasteiger partial charge in [-0.3, -0.25) is 29.0 Å². The Kier molecular flexibility index (Phi) is 4.20. The van der Waals surface area contributed by atoms with E-state index in [4.69, 9.17) is 0 Å². The predicted molar refractivity (Wildman–Crippen MR) is 95.2 cm³/mol. The second-order valence-corrected chi connectivity index (χ2v) is 6.39. The van der Waals surface area contributed by atoms with Crippen molar-refractivity contribution in [1.82, 2.24) is 9.80 Å². The average Bonchev–Trinajstić information content (AvgIpc) is 2.97. The molecule has 2 aliphatic heterocycles. The van der Waals surface area contributed by atoms with Gasteiger partial charge in [-0.25, -0.2) is 0 Å². The quantitative estimate of drug-likeness (QED) is 0.684. The Labute approximate surface area is 151 Å². The minimum absolute atomic E-state index is 0.196. The van der Waals surface area contributed by atoms with Crippen LogP contribution in [0.4, 0.5) is 0 Å². The van der Waals surface area contributed by atoms with Gasteiger partial charge in [0.05, 0.1) is 22.3 Å². The molecule has 0 saturated heterocycles. The van der Waals surface area contributed by atoms with E-state index < -0.39 is 0 Å². The van der Waals surface area contributed by atoms with Gasteiger partial charge < -0.3 is 0 Å². The van der Waals surface area contributed by atoms with Crippen LogP contribution in [0.3, 0.4) is 0 Å². The van der Waals surface area contributed by atoms with E-state index in [1.165, 1.54) is 14.1 Å². The van der Waals surface area contributed by atoms with Gasteiger partial charge in [0.15, 0.2) is 0 Å². The van der Waals surface area contributed by atoms with Gasteiger partial charge >= 0.3 is 0 Å². The summed E-state index contributed by atoms with van der Waals surface area (Å²) in [5.41, 5.74) is 3.96. The number of carbonyl (C=O) groups is 4. The number of hydrogen-bond donors (Lipinski definition) is 0. The first-order valence-electron chi connectivity index (χ1n) is 8.09. The van der Waals surface area contributed by atoms with E-state index in [0.29, 0.717) is 22.3 Å². The van der Waals surface area contributed by atoms with Crippen LogP contribution < -0.4 is 0 Å². The second kappa shape index (κ2) is 6.22. The van der Waals surface area contributed by atoms with Gasteiger partial charge in [0.1, 0.15) is 0 Å². The van der Waals surface area contributed by atoms with Crippen LogP contribution in [0.5, 0.6) is 0 Å². The van der Waals surface area contributed by atoms with E-state index in [1.54, 1.807) is 24.3 Å². The van der Waals surface area contributed by atoms with Crippen molar-refractivity contribution in [2.45, 2.75) is 13.8 Å². The number of hydrogen-bond acceptors (Lipinski definition) is 4. The molecule has 6 nitrogen and oxygen atoms in total. The molecule has 0 radical (unpaired) electrons. The summed E-state index contributed by atoms with van der Waals surface area (Å²) in [4.78, 5) is 48.2. The van der Waals surface area contributed by atoms with Crippen molar-refractivity contribution in [2.24, 2.45) is 0 Å². The van der Waals surface area contributed by atoms with Crippen LogP contribution in [-0.4, -0.2) is 47.5 Å². The monoisotopic (exact) mass is 350 g/mol. The van der Waals surface area contributed by atoms with E-state index in [9.17, 15) is 19.2 Å². The highest BCUT2D eigenvalue weighted by Gasteiger charge is 2.33. The number of aryl methyl sites for hydroxylation is 2. The Bertz CT molecular complexity index is 972. The van der Waals surface area contributed by atoms with Gasteiger partial charge in [0, 0.05) is 14.1 Å². The van der Waals surface area contributed by atoms with Gasteiger partial charge in [-0.2, -0.15) is 0 Å². The van der Waals surface area contributed by atoms with E-state index in [1.807, 2.05) is 26.0 Å². The second-order valence-electron chi connectivity index (χ2n) is 6.39. The first kappa shape index (κ1) is 17.5. The fraction of sp³-hybridized carbons (Fsp3) is 0.200. The van der Waals surface area contributed by atoms with Crippen LogP contribution in [0.2, 0.25) is 0 Å². The maximum Gasteiger partial charge on any atom is 0.261 e. The fourth-order valence-corrected chi connectivity index (χ4v) is 3.05. The van der Waals surface area contributed by atoms with Crippen LogP contribution in [-0.2, 0) is 0 Å². The van der Waals surface area contributed by atoms with Crippen LogP contribution in [0, 0.1) is 13.8 Å². The molecule has 0 atom stereocenters. The molecule has 0 aliphatic carbocycles. The summed E-state index contributed by atoms with van der Waals surface area (Å²) in [5.74, 6) is -0.814. The molecule has 26 heavy (non-hydrogen) atoms. The number of rotatable bonds is 0. The molecule has 0 bridgehead atoms. The van der Waals surface area contributed by atoms with Gasteiger partial charge in [0.25, 0.3) is 23.6 Å². The van der Waals surface area contributed by atoms with Crippen LogP contribution in [0.15, 0.2) is 36.4 Å². The summed E-state index contributed by atoms with van der Waals surface area (Å²) in [5, 5.41) is 0. The predicted octanol–water partition coefficient (Wildman–Crippen LogP) is 2.44. The Hall–Kier alpha value is -3.28. The highest BCUT2D eigenvalue weighted by atomic mass is 16.2. The molecular formula is C20H18N2O4. The molecule has 6 heteroatoms. The van der Waals surface area contributed by atoms with Crippen molar-refractivity contribution in [3.05, 3.63) is 69.8 Å². The molecule has 0 N–H and O–H groups in total. The zero-order chi connectivity index (χ0) is 19.2. The lowest BCUT2D eigenvalue weighted by Crippen LogP contribution is -2.24. The third kappa shape index (κ3) is 2.60. The first-order valence-corrected chi connectivity index (χ1v) is 8.09. The lowest BCUT2D eigenvalue weighted by Gasteiger charge is -2.03. The standard InChI is InChI=1S/2C10H9NO2/c1-6-3-4-7-8(5-6)10(13)11(2)9(7)12;1-6-4-3-5-7-8(6)10(13)11(2)9(7)12/h2*3-5H,1-2H3. The number of fused-ring (bicyclic) bond motifs is 2. The lowest BCUT2D eigenvalue weighted by atomic mass is 10.0. The minimum atomic E-state index is -0.208. The maximum atomic E-state index is 11.5. The van der Waals surface area contributed by atoms with Crippen LogP contribution in [0.1, 0.15) is 52.6 Å². The maximum absolute atomic E-state index is 11.5. The Morgan fingerprint density at radius 2 is 1.23 bits per heavy atom. The number of carbonyl (C=O) groups excluding carboxylic acids is 4. The highest BCUT2D eigenvalue weighted by Crippen LogP contribution is 2.24. The van der Waals surface area contributed by atoms with E-state index >= 15 is 0 Å². The summed E-state index contributed by atoms with van der Waals surface area (Å²) in [6.07, 6.45) is 0. The summed E-state index contributed by atoms with van der Waals surface area (Å²) < 4.78 is 0. The number of nitrogens with zero attached hydrogens (tertiary/aromatic N) is 2. The summed E-state index contributed by atoms with van der Waals surface area (Å²) in [6.45, 7) is 3.74. The molecule has 2 aromatic carbocycles. The topological polar surface area (TPSA) is 74.8 Å². The Balaban J connectivity index is 0.000000151. The zero-order valence-corrected chi connectivity index (χ0v) is 15.0. The van der Waals surface area contributed by atoms with E-state index in [0.717, 1.165) is 20.9 Å². The Morgan fingerprint density at radius 3 is 1.88 bits per heavy atom. The van der Waals surface area contributed by atoms with Crippen molar-refractivity contribution in [1.29, 1.82) is 0 Å². The third-order valence-corrected chi connectivity index (χ3v) is 4.57. The first-order chi connectivity index (χ1) is 12.2. The van der Waals surface area contributed by atoms with Crippen molar-refractivity contribution < 1.29 is 19.2 Å². The van der Waals surface area contributed by atoms with Gasteiger partial charge in [-0.1, -0.05) is 23.8 Å².